The maximum Gasteiger partial charge on any atom is 0.119 e. The van der Waals surface area contributed by atoms with Gasteiger partial charge in [0.25, 0.3) is 0 Å². The summed E-state index contributed by atoms with van der Waals surface area (Å²) in [5.74, 6) is 0.389. The Morgan fingerprint density at radius 2 is 1.08 bits per heavy atom. The van der Waals surface area contributed by atoms with Crippen molar-refractivity contribution in [1.82, 2.24) is 0 Å². The van der Waals surface area contributed by atoms with Gasteiger partial charge >= 0.3 is 0 Å². The van der Waals surface area contributed by atoms with E-state index in [4.69, 9.17) is 32.5 Å². The highest BCUT2D eigenvalue weighted by Crippen LogP contribution is 2.15. The molecule has 6 heteroatoms. The smallest absolute Gasteiger partial charge is 0.119 e. The molecule has 6 nitrogen and oxygen atoms in total. The van der Waals surface area contributed by atoms with E-state index in [9.17, 15) is 0 Å². The van der Waals surface area contributed by atoms with Gasteiger partial charge in [-0.05, 0) is 55.0 Å². The van der Waals surface area contributed by atoms with Gasteiger partial charge in [-0.15, -0.1) is 0 Å². The zero-order valence-corrected chi connectivity index (χ0v) is 13.9. The Morgan fingerprint density at radius 1 is 0.600 bits per heavy atom. The fraction of sp³-hybridized carbons (Fsp3) is 0.0526. The van der Waals surface area contributed by atoms with E-state index in [0.29, 0.717) is 5.69 Å². The first kappa shape index (κ1) is 19.5. The Kier molecular flexibility index (Phi) is 7.46. The number of nitrogens with two attached hydrogens (primary N) is 3. The Hall–Kier alpha value is -3.54. The maximum atomic E-state index is 8.73. The summed E-state index contributed by atoms with van der Waals surface area (Å²) in [6, 6.07) is 17.8. The van der Waals surface area contributed by atoms with E-state index < -0.39 is 0 Å². The minimum absolute atomic E-state index is 0.0880. The third-order valence-electron chi connectivity index (χ3n) is 2.99. The molecule has 0 atom stereocenters. The van der Waals surface area contributed by atoms with E-state index in [2.05, 4.69) is 0 Å². The molecule has 3 aromatic rings. The lowest BCUT2D eigenvalue weighted by Gasteiger charge is -1.98. The summed E-state index contributed by atoms with van der Waals surface area (Å²) >= 11 is 0. The summed E-state index contributed by atoms with van der Waals surface area (Å²) in [5.41, 5.74) is 19.5. The van der Waals surface area contributed by atoms with Crippen LogP contribution in [0.3, 0.4) is 0 Å². The molecular weight excluding hydrogens is 318 g/mol. The minimum atomic E-state index is 0.0880. The van der Waals surface area contributed by atoms with Crippen molar-refractivity contribution in [2.24, 2.45) is 0 Å². The van der Waals surface area contributed by atoms with Crippen LogP contribution in [0.15, 0.2) is 66.7 Å². The topological polar surface area (TPSA) is 139 Å². The molecule has 0 aliphatic rings. The van der Waals surface area contributed by atoms with Gasteiger partial charge in [-0.2, -0.15) is 0 Å². The number of rotatable bonds is 0. The molecule has 3 rings (SSSR count). The van der Waals surface area contributed by atoms with Gasteiger partial charge in [-0.3, -0.25) is 0 Å². The number of anilines is 3. The molecule has 25 heavy (non-hydrogen) atoms. The van der Waals surface area contributed by atoms with Crippen LogP contribution in [0.25, 0.3) is 0 Å². The number of nitrogen functional groups attached to an aromatic ring is 3. The lowest BCUT2D eigenvalue weighted by molar-refractivity contribution is 0.450. The van der Waals surface area contributed by atoms with Gasteiger partial charge in [0.15, 0.2) is 0 Å². The molecule has 0 aliphatic carbocycles. The predicted octanol–water partition coefficient (Wildman–Crippen LogP) is 3.23. The Morgan fingerprint density at radius 3 is 1.40 bits per heavy atom. The van der Waals surface area contributed by atoms with Gasteiger partial charge in [0.05, 0.1) is 0 Å². The van der Waals surface area contributed by atoms with Crippen molar-refractivity contribution in [3.05, 3.63) is 72.3 Å². The molecule has 0 heterocycles. The van der Waals surface area contributed by atoms with Crippen molar-refractivity contribution < 1.29 is 15.3 Å². The first-order valence-corrected chi connectivity index (χ1v) is 7.42. The van der Waals surface area contributed by atoms with E-state index in [0.717, 1.165) is 16.9 Å². The molecular formula is C19H23N3O3. The zero-order chi connectivity index (χ0) is 18.8. The number of hydrogen-bond acceptors (Lipinski definition) is 6. The number of phenols is 3. The third-order valence-corrected chi connectivity index (χ3v) is 2.99. The second kappa shape index (κ2) is 9.57. The molecule has 0 unspecified atom stereocenters. The van der Waals surface area contributed by atoms with Crippen molar-refractivity contribution in [3.63, 3.8) is 0 Å². The van der Waals surface area contributed by atoms with Crippen LogP contribution >= 0.6 is 0 Å². The van der Waals surface area contributed by atoms with Crippen molar-refractivity contribution in [3.8, 4) is 17.2 Å². The highest BCUT2D eigenvalue weighted by molar-refractivity contribution is 5.54. The summed E-state index contributed by atoms with van der Waals surface area (Å²) < 4.78 is 0. The van der Waals surface area contributed by atoms with Gasteiger partial charge in [0, 0.05) is 29.2 Å². The van der Waals surface area contributed by atoms with Crippen LogP contribution in [0.5, 0.6) is 17.2 Å². The van der Waals surface area contributed by atoms with Gasteiger partial charge in [0.1, 0.15) is 17.2 Å². The van der Waals surface area contributed by atoms with E-state index in [1.165, 1.54) is 24.3 Å². The van der Waals surface area contributed by atoms with Crippen molar-refractivity contribution in [2.75, 3.05) is 17.2 Å². The van der Waals surface area contributed by atoms with Crippen LogP contribution in [0.2, 0.25) is 0 Å². The zero-order valence-electron chi connectivity index (χ0n) is 13.9. The number of hydrogen-bond donors (Lipinski definition) is 6. The largest absolute Gasteiger partial charge is 0.508 e. The molecule has 132 valence electrons. The summed E-state index contributed by atoms with van der Waals surface area (Å²) in [6.45, 7) is 1.94. The average Bonchev–Trinajstić information content (AvgIpc) is 2.52. The highest BCUT2D eigenvalue weighted by Gasteiger charge is 1.90. The lowest BCUT2D eigenvalue weighted by Crippen LogP contribution is -1.91. The monoisotopic (exact) mass is 341 g/mol. The van der Waals surface area contributed by atoms with Crippen LogP contribution in [-0.2, 0) is 0 Å². The number of benzene rings is 3. The molecule has 0 spiro atoms. The van der Waals surface area contributed by atoms with Crippen LogP contribution in [-0.4, -0.2) is 15.3 Å². The quantitative estimate of drug-likeness (QED) is 0.347. The lowest BCUT2D eigenvalue weighted by atomic mass is 10.2. The maximum absolute atomic E-state index is 8.73. The standard InChI is InChI=1S/C7H10N2.C6H7NO.C6H6O2/c1-5-4-6(8)2-3-7(5)9;2*7-5-2-1-3-6(8)4-5/h2-4H,8-9H2,1H3;1-4,8H,7H2;1-4,7-8H. The Balaban J connectivity index is 0.000000188. The fourth-order valence-corrected chi connectivity index (χ4v) is 1.72. The van der Waals surface area contributed by atoms with Crippen LogP contribution in [0.4, 0.5) is 17.1 Å². The van der Waals surface area contributed by atoms with Crippen LogP contribution in [0.1, 0.15) is 5.56 Å². The minimum Gasteiger partial charge on any atom is -0.508 e. The Bertz CT molecular complexity index is 729. The van der Waals surface area contributed by atoms with Gasteiger partial charge in [-0.25, -0.2) is 0 Å². The van der Waals surface area contributed by atoms with Gasteiger partial charge in [0.2, 0.25) is 0 Å². The average molecular weight is 341 g/mol. The summed E-state index contributed by atoms with van der Waals surface area (Å²) in [4.78, 5) is 0. The molecule has 0 radical (unpaired) electrons. The second-order valence-electron chi connectivity index (χ2n) is 5.23. The summed E-state index contributed by atoms with van der Waals surface area (Å²) in [7, 11) is 0. The summed E-state index contributed by atoms with van der Waals surface area (Å²) in [5, 5.41) is 26.0. The fourth-order valence-electron chi connectivity index (χ4n) is 1.72. The molecule has 0 fully saturated rings. The summed E-state index contributed by atoms with van der Waals surface area (Å²) in [6.07, 6.45) is 0. The molecule has 9 N–H and O–H groups in total. The van der Waals surface area contributed by atoms with E-state index in [1.807, 2.05) is 19.1 Å². The molecule has 0 saturated heterocycles. The predicted molar refractivity (Wildman–Crippen MR) is 102 cm³/mol. The number of aryl methyl sites for hydroxylation is 1. The van der Waals surface area contributed by atoms with E-state index >= 15 is 0 Å². The molecule has 0 aromatic heterocycles. The van der Waals surface area contributed by atoms with Crippen molar-refractivity contribution in [1.29, 1.82) is 0 Å². The number of aromatic hydroxyl groups is 3. The van der Waals surface area contributed by atoms with Crippen molar-refractivity contribution >= 4 is 17.1 Å². The second-order valence-corrected chi connectivity index (χ2v) is 5.23. The normalized spacial score (nSPS) is 9.16. The Labute approximate surface area is 146 Å². The van der Waals surface area contributed by atoms with Crippen LogP contribution < -0.4 is 17.2 Å². The first-order valence-electron chi connectivity index (χ1n) is 7.42. The van der Waals surface area contributed by atoms with E-state index in [-0.39, 0.29) is 17.2 Å². The van der Waals surface area contributed by atoms with Gasteiger partial charge < -0.3 is 32.5 Å². The molecule has 0 aliphatic heterocycles. The molecule has 0 amide bonds. The third kappa shape index (κ3) is 8.03. The number of phenolic OH excluding ortho intramolecular Hbond substituents is 3. The molecule has 0 bridgehead atoms. The van der Waals surface area contributed by atoms with Gasteiger partial charge in [-0.1, -0.05) is 12.1 Å². The first-order chi connectivity index (χ1) is 11.8. The molecule has 0 saturated carbocycles. The van der Waals surface area contributed by atoms with Crippen LogP contribution in [0, 0.1) is 6.92 Å². The molecule has 3 aromatic carbocycles. The SMILES string of the molecule is Cc1cc(N)ccc1N.Nc1cccc(O)c1.Oc1cccc(O)c1. The highest BCUT2D eigenvalue weighted by atomic mass is 16.3. The van der Waals surface area contributed by atoms with Crippen molar-refractivity contribution in [2.45, 2.75) is 6.92 Å². The van der Waals surface area contributed by atoms with E-state index in [1.54, 1.807) is 30.3 Å².